The lowest BCUT2D eigenvalue weighted by Crippen LogP contribution is -2.35. The summed E-state index contributed by atoms with van der Waals surface area (Å²) in [5.74, 6) is -0.140. The van der Waals surface area contributed by atoms with Crippen molar-refractivity contribution >= 4 is 45.3 Å². The van der Waals surface area contributed by atoms with E-state index in [-0.39, 0.29) is 5.91 Å². The number of thiazole rings is 1. The summed E-state index contributed by atoms with van der Waals surface area (Å²) in [6, 6.07) is 4.00. The molecule has 1 aliphatic heterocycles. The Labute approximate surface area is 136 Å². The van der Waals surface area contributed by atoms with E-state index in [1.165, 1.54) is 16.2 Å². The zero-order valence-corrected chi connectivity index (χ0v) is 14.2. The highest BCUT2D eigenvalue weighted by atomic mass is 35.5. The monoisotopic (exact) mass is 341 g/mol. The van der Waals surface area contributed by atoms with Gasteiger partial charge in [0.2, 0.25) is 0 Å². The highest BCUT2D eigenvalue weighted by Gasteiger charge is 2.23. The Morgan fingerprint density at radius 2 is 2.24 bits per heavy atom. The molecule has 0 aromatic carbocycles. The maximum absolute atomic E-state index is 12.1. The van der Waals surface area contributed by atoms with Gasteiger partial charge in [0, 0.05) is 30.4 Å². The van der Waals surface area contributed by atoms with Crippen LogP contribution in [0.2, 0.25) is 4.34 Å². The van der Waals surface area contributed by atoms with Crippen LogP contribution in [0.25, 0.3) is 0 Å². The Morgan fingerprint density at radius 3 is 2.90 bits per heavy atom. The molecule has 1 N–H and O–H groups in total. The van der Waals surface area contributed by atoms with Crippen molar-refractivity contribution in [2.75, 3.05) is 11.9 Å². The number of thiophene rings is 1. The van der Waals surface area contributed by atoms with Gasteiger partial charge in [-0.25, -0.2) is 4.98 Å². The fourth-order valence-corrected chi connectivity index (χ4v) is 4.27. The summed E-state index contributed by atoms with van der Waals surface area (Å²) in [6.07, 6.45) is 0.949. The van der Waals surface area contributed by atoms with E-state index in [0.717, 1.165) is 25.2 Å². The molecule has 0 atom stereocenters. The zero-order chi connectivity index (χ0) is 15.0. The van der Waals surface area contributed by atoms with Crippen molar-refractivity contribution in [2.24, 2.45) is 0 Å². The molecule has 7 heteroatoms. The molecule has 0 aliphatic carbocycles. The van der Waals surface area contributed by atoms with Gasteiger partial charge in [-0.15, -0.1) is 22.7 Å². The molecule has 0 saturated carbocycles. The van der Waals surface area contributed by atoms with Crippen molar-refractivity contribution in [3.63, 3.8) is 0 Å². The van der Waals surface area contributed by atoms with Crippen molar-refractivity contribution in [3.05, 3.63) is 31.9 Å². The number of carbonyl (C=O) groups excluding carboxylic acids is 1. The van der Waals surface area contributed by atoms with E-state index in [1.54, 1.807) is 23.5 Å². The van der Waals surface area contributed by atoms with E-state index in [9.17, 15) is 4.79 Å². The van der Waals surface area contributed by atoms with Crippen LogP contribution in [-0.4, -0.2) is 28.4 Å². The Morgan fingerprint density at radius 1 is 1.43 bits per heavy atom. The number of hydrogen-bond donors (Lipinski definition) is 1. The van der Waals surface area contributed by atoms with Gasteiger partial charge in [0.25, 0.3) is 5.91 Å². The first kappa shape index (κ1) is 15.0. The molecule has 4 nitrogen and oxygen atoms in total. The summed E-state index contributed by atoms with van der Waals surface area (Å²) in [6.45, 7) is 6.36. The van der Waals surface area contributed by atoms with Crippen molar-refractivity contribution in [1.82, 2.24) is 9.88 Å². The zero-order valence-electron chi connectivity index (χ0n) is 11.9. The first-order valence-corrected chi connectivity index (χ1v) is 8.83. The lowest BCUT2D eigenvalue weighted by molar-refractivity contribution is 0.103. The maximum Gasteiger partial charge on any atom is 0.267 e. The second-order valence-corrected chi connectivity index (χ2v) is 8.06. The predicted molar refractivity (Wildman–Crippen MR) is 88.6 cm³/mol. The Balaban J connectivity index is 1.72. The summed E-state index contributed by atoms with van der Waals surface area (Å²) in [5.41, 5.74) is 1.12. The number of nitrogens with zero attached hydrogens (tertiary/aromatic N) is 2. The van der Waals surface area contributed by atoms with Gasteiger partial charge in [-0.05, 0) is 26.0 Å². The number of carbonyl (C=O) groups is 1. The average Bonchev–Trinajstić information content (AvgIpc) is 3.03. The highest BCUT2D eigenvalue weighted by molar-refractivity contribution is 7.18. The van der Waals surface area contributed by atoms with Crippen LogP contribution in [-0.2, 0) is 13.0 Å². The van der Waals surface area contributed by atoms with E-state index >= 15 is 0 Å². The molecule has 2 aromatic rings. The van der Waals surface area contributed by atoms with Crippen LogP contribution in [0.1, 0.15) is 34.1 Å². The molecule has 0 unspecified atom stereocenters. The van der Waals surface area contributed by atoms with Gasteiger partial charge in [-0.2, -0.15) is 0 Å². The number of fused-ring (bicyclic) bond motifs is 1. The van der Waals surface area contributed by atoms with Crippen LogP contribution in [0.4, 0.5) is 5.13 Å². The van der Waals surface area contributed by atoms with Crippen LogP contribution in [0.3, 0.4) is 0 Å². The molecule has 1 aliphatic rings. The molecule has 0 bridgehead atoms. The van der Waals surface area contributed by atoms with Gasteiger partial charge < -0.3 is 0 Å². The molecule has 2 aromatic heterocycles. The molecule has 112 valence electrons. The summed E-state index contributed by atoms with van der Waals surface area (Å²) >= 11 is 8.71. The average molecular weight is 342 g/mol. The third-order valence-electron chi connectivity index (χ3n) is 3.51. The maximum atomic E-state index is 12.1. The van der Waals surface area contributed by atoms with Crippen molar-refractivity contribution in [3.8, 4) is 0 Å². The fourth-order valence-electron chi connectivity index (χ4n) is 2.30. The Kier molecular flexibility index (Phi) is 4.31. The van der Waals surface area contributed by atoms with E-state index in [2.05, 4.69) is 29.0 Å². The minimum Gasteiger partial charge on any atom is -0.297 e. The number of amides is 1. The van der Waals surface area contributed by atoms with Crippen LogP contribution < -0.4 is 5.32 Å². The molecule has 1 amide bonds. The van der Waals surface area contributed by atoms with Gasteiger partial charge in [-0.1, -0.05) is 11.6 Å². The highest BCUT2D eigenvalue weighted by Crippen LogP contribution is 2.30. The van der Waals surface area contributed by atoms with Crippen LogP contribution in [0, 0.1) is 0 Å². The molecular formula is C14H16ClN3OS2. The first-order chi connectivity index (χ1) is 10.0. The standard InChI is InChI=1S/C14H16ClN3OS2/c1-8(2)18-6-5-9-11(7-18)21-14(16-9)17-13(19)10-3-4-12(15)20-10/h3-4,8H,5-7H2,1-2H3,(H,16,17,19). The Hall–Kier alpha value is -0.950. The topological polar surface area (TPSA) is 45.2 Å². The minimum atomic E-state index is -0.140. The number of nitrogens with one attached hydrogen (secondary N) is 1. The normalized spacial score (nSPS) is 15.2. The minimum absolute atomic E-state index is 0.140. The van der Waals surface area contributed by atoms with E-state index in [1.807, 2.05) is 0 Å². The summed E-state index contributed by atoms with van der Waals surface area (Å²) < 4.78 is 0.617. The number of anilines is 1. The van der Waals surface area contributed by atoms with E-state index < -0.39 is 0 Å². The lowest BCUT2D eigenvalue weighted by Gasteiger charge is -2.29. The van der Waals surface area contributed by atoms with Gasteiger partial charge in [0.1, 0.15) is 0 Å². The summed E-state index contributed by atoms with van der Waals surface area (Å²) in [7, 11) is 0. The van der Waals surface area contributed by atoms with E-state index in [0.29, 0.717) is 20.4 Å². The quantitative estimate of drug-likeness (QED) is 0.921. The van der Waals surface area contributed by atoms with Crippen molar-refractivity contribution in [2.45, 2.75) is 32.9 Å². The molecule has 0 spiro atoms. The summed E-state index contributed by atoms with van der Waals surface area (Å²) in [5, 5.41) is 3.56. The predicted octanol–water partition coefficient (Wildman–Crippen LogP) is 3.88. The third kappa shape index (κ3) is 3.29. The van der Waals surface area contributed by atoms with Gasteiger partial charge in [0.05, 0.1) is 14.9 Å². The molecule has 0 radical (unpaired) electrons. The molecule has 21 heavy (non-hydrogen) atoms. The summed E-state index contributed by atoms with van der Waals surface area (Å²) in [4.78, 5) is 20.9. The number of halogens is 1. The van der Waals surface area contributed by atoms with Gasteiger partial charge in [0.15, 0.2) is 5.13 Å². The third-order valence-corrected chi connectivity index (χ3v) is 5.74. The fraction of sp³-hybridized carbons (Fsp3) is 0.429. The van der Waals surface area contributed by atoms with Crippen LogP contribution in [0.15, 0.2) is 12.1 Å². The first-order valence-electron chi connectivity index (χ1n) is 6.82. The second-order valence-electron chi connectivity index (χ2n) is 5.26. The molecule has 0 saturated heterocycles. The van der Waals surface area contributed by atoms with Gasteiger partial charge >= 0.3 is 0 Å². The second kappa shape index (κ2) is 6.04. The number of rotatable bonds is 3. The molecule has 3 heterocycles. The largest absolute Gasteiger partial charge is 0.297 e. The number of hydrogen-bond acceptors (Lipinski definition) is 5. The Bertz CT molecular complexity index is 665. The van der Waals surface area contributed by atoms with Crippen molar-refractivity contribution < 1.29 is 4.79 Å². The number of aromatic nitrogens is 1. The van der Waals surface area contributed by atoms with Crippen LogP contribution >= 0.6 is 34.3 Å². The molecule has 3 rings (SSSR count). The SMILES string of the molecule is CC(C)N1CCc2nc(NC(=O)c3ccc(Cl)s3)sc2C1. The smallest absolute Gasteiger partial charge is 0.267 e. The lowest BCUT2D eigenvalue weighted by atomic mass is 10.1. The van der Waals surface area contributed by atoms with Gasteiger partial charge in [-0.3, -0.25) is 15.0 Å². The molecule has 0 fully saturated rings. The van der Waals surface area contributed by atoms with Crippen molar-refractivity contribution in [1.29, 1.82) is 0 Å². The molecular weight excluding hydrogens is 326 g/mol. The van der Waals surface area contributed by atoms with Crippen LogP contribution in [0.5, 0.6) is 0 Å². The van der Waals surface area contributed by atoms with E-state index in [4.69, 9.17) is 11.6 Å².